The van der Waals surface area contributed by atoms with Crippen molar-refractivity contribution in [1.29, 1.82) is 0 Å². The first-order chi connectivity index (χ1) is 8.97. The highest BCUT2D eigenvalue weighted by Gasteiger charge is 2.35. The lowest BCUT2D eigenvalue weighted by Gasteiger charge is -2.43. The van der Waals surface area contributed by atoms with E-state index in [2.05, 4.69) is 63.8 Å². The van der Waals surface area contributed by atoms with E-state index in [4.69, 9.17) is 0 Å². The van der Waals surface area contributed by atoms with Gasteiger partial charge in [-0.3, -0.25) is 4.90 Å². The van der Waals surface area contributed by atoms with Gasteiger partial charge < -0.3 is 5.11 Å². The number of aliphatic hydroxyl groups excluding tert-OH is 1. The third kappa shape index (κ3) is 3.80. The molecule has 0 aromatic heterocycles. The number of rotatable bonds is 7. The van der Waals surface area contributed by atoms with Gasteiger partial charge in [-0.1, -0.05) is 50.6 Å². The van der Waals surface area contributed by atoms with E-state index in [1.807, 2.05) is 0 Å². The maximum atomic E-state index is 10.7. The summed E-state index contributed by atoms with van der Waals surface area (Å²) in [6, 6.07) is 8.47. The highest BCUT2D eigenvalue weighted by Crippen LogP contribution is 2.26. The summed E-state index contributed by atoms with van der Waals surface area (Å²) in [5, 5.41) is 10.7. The van der Waals surface area contributed by atoms with Crippen LogP contribution >= 0.6 is 0 Å². The first-order valence-corrected chi connectivity index (χ1v) is 7.46. The molecule has 108 valence electrons. The summed E-state index contributed by atoms with van der Waals surface area (Å²) in [6.45, 7) is 12.7. The van der Waals surface area contributed by atoms with E-state index >= 15 is 0 Å². The smallest absolute Gasteiger partial charge is 0.0761 e. The maximum Gasteiger partial charge on any atom is 0.0761 e. The monoisotopic (exact) mass is 263 g/mol. The number of likely N-dealkylation sites (N-methyl/N-ethyl adjacent to an activating group) is 1. The van der Waals surface area contributed by atoms with Gasteiger partial charge in [0.1, 0.15) is 0 Å². The molecule has 2 heteroatoms. The quantitative estimate of drug-likeness (QED) is 0.815. The van der Waals surface area contributed by atoms with Gasteiger partial charge in [0.15, 0.2) is 0 Å². The fourth-order valence-electron chi connectivity index (χ4n) is 2.78. The number of hydrogen-bond acceptors (Lipinski definition) is 2. The summed E-state index contributed by atoms with van der Waals surface area (Å²) in [6.07, 6.45) is 1.35. The molecule has 0 fully saturated rings. The molecule has 0 aliphatic heterocycles. The van der Waals surface area contributed by atoms with Crippen molar-refractivity contribution >= 4 is 0 Å². The Labute approximate surface area is 118 Å². The zero-order valence-electron chi connectivity index (χ0n) is 13.1. The zero-order chi connectivity index (χ0) is 14.5. The summed E-state index contributed by atoms with van der Waals surface area (Å²) in [7, 11) is 0. The Morgan fingerprint density at radius 2 is 1.63 bits per heavy atom. The van der Waals surface area contributed by atoms with Crippen molar-refractivity contribution in [3.8, 4) is 0 Å². The third-order valence-electron chi connectivity index (χ3n) is 4.47. The predicted octanol–water partition coefficient (Wildman–Crippen LogP) is 3.41. The van der Waals surface area contributed by atoms with Crippen LogP contribution in [0.2, 0.25) is 0 Å². The van der Waals surface area contributed by atoms with Crippen LogP contribution in [0, 0.1) is 6.92 Å². The van der Waals surface area contributed by atoms with Crippen LogP contribution in [0.4, 0.5) is 0 Å². The molecule has 1 N–H and O–H groups in total. The van der Waals surface area contributed by atoms with E-state index in [9.17, 15) is 5.11 Å². The predicted molar refractivity (Wildman–Crippen MR) is 82.5 cm³/mol. The molecule has 1 aromatic rings. The van der Waals surface area contributed by atoms with Crippen molar-refractivity contribution in [2.24, 2.45) is 0 Å². The molecule has 0 radical (unpaired) electrons. The lowest BCUT2D eigenvalue weighted by Crippen LogP contribution is -2.54. The lowest BCUT2D eigenvalue weighted by atomic mass is 9.85. The van der Waals surface area contributed by atoms with Crippen molar-refractivity contribution in [1.82, 2.24) is 4.90 Å². The molecule has 0 saturated carbocycles. The maximum absolute atomic E-state index is 10.7. The van der Waals surface area contributed by atoms with Crippen LogP contribution in [0.25, 0.3) is 0 Å². The van der Waals surface area contributed by atoms with Gasteiger partial charge >= 0.3 is 0 Å². The van der Waals surface area contributed by atoms with Crippen LogP contribution in [-0.4, -0.2) is 34.7 Å². The molecule has 0 aliphatic carbocycles. The Morgan fingerprint density at radius 3 is 2.05 bits per heavy atom. The Balaban J connectivity index is 2.83. The molecule has 0 spiro atoms. The molecule has 0 aliphatic rings. The number of benzene rings is 1. The number of aryl methyl sites for hydroxylation is 1. The fraction of sp³-hybridized carbons (Fsp3) is 0.647. The van der Waals surface area contributed by atoms with Gasteiger partial charge in [0, 0.05) is 12.0 Å². The summed E-state index contributed by atoms with van der Waals surface area (Å²) in [5.41, 5.74) is 2.33. The third-order valence-corrected chi connectivity index (χ3v) is 4.47. The van der Waals surface area contributed by atoms with Crippen LogP contribution in [-0.2, 0) is 6.42 Å². The first-order valence-electron chi connectivity index (χ1n) is 7.46. The Bertz CT molecular complexity index is 369. The lowest BCUT2D eigenvalue weighted by molar-refractivity contribution is -0.0190. The van der Waals surface area contributed by atoms with Crippen LogP contribution < -0.4 is 0 Å². The second-order valence-electron chi connectivity index (χ2n) is 5.59. The first kappa shape index (κ1) is 16.2. The largest absolute Gasteiger partial charge is 0.391 e. The topological polar surface area (TPSA) is 23.5 Å². The SMILES string of the molecule is CCN(CC)C(C)(CC)C(O)Cc1ccc(C)cc1. The molecule has 0 amide bonds. The van der Waals surface area contributed by atoms with Crippen LogP contribution in [0.1, 0.15) is 45.2 Å². The molecule has 0 heterocycles. The molecule has 2 atom stereocenters. The molecular formula is C17H29NO. The van der Waals surface area contributed by atoms with Crippen molar-refractivity contribution in [2.75, 3.05) is 13.1 Å². The van der Waals surface area contributed by atoms with Crippen molar-refractivity contribution in [2.45, 2.75) is 59.1 Å². The van der Waals surface area contributed by atoms with E-state index < -0.39 is 0 Å². The van der Waals surface area contributed by atoms with Crippen molar-refractivity contribution in [3.63, 3.8) is 0 Å². The normalized spacial score (nSPS) is 16.4. The minimum absolute atomic E-state index is 0.144. The highest BCUT2D eigenvalue weighted by molar-refractivity contribution is 5.22. The van der Waals surface area contributed by atoms with Gasteiger partial charge in [-0.05, 0) is 38.9 Å². The van der Waals surface area contributed by atoms with Gasteiger partial charge in [0.25, 0.3) is 0 Å². The number of nitrogens with zero attached hydrogens (tertiary/aromatic N) is 1. The molecule has 2 unspecified atom stereocenters. The summed E-state index contributed by atoms with van der Waals surface area (Å²) >= 11 is 0. The zero-order valence-corrected chi connectivity index (χ0v) is 13.1. The minimum atomic E-state index is -0.333. The van der Waals surface area contributed by atoms with E-state index in [1.165, 1.54) is 11.1 Å². The summed E-state index contributed by atoms with van der Waals surface area (Å²) in [5.74, 6) is 0. The second-order valence-corrected chi connectivity index (χ2v) is 5.59. The molecule has 1 rings (SSSR count). The fourth-order valence-corrected chi connectivity index (χ4v) is 2.78. The molecule has 0 bridgehead atoms. The Morgan fingerprint density at radius 1 is 1.11 bits per heavy atom. The molecule has 0 saturated heterocycles. The standard InChI is InChI=1S/C17H29NO/c1-6-17(5,18(7-2)8-3)16(19)13-15-11-9-14(4)10-12-15/h9-12,16,19H,6-8,13H2,1-5H3. The Hall–Kier alpha value is -0.860. The average molecular weight is 263 g/mol. The van der Waals surface area contributed by atoms with Crippen LogP contribution in [0.15, 0.2) is 24.3 Å². The van der Waals surface area contributed by atoms with Crippen molar-refractivity contribution < 1.29 is 5.11 Å². The molecular weight excluding hydrogens is 234 g/mol. The Kier molecular flexibility index (Phi) is 6.02. The van der Waals surface area contributed by atoms with Gasteiger partial charge in [-0.25, -0.2) is 0 Å². The molecule has 19 heavy (non-hydrogen) atoms. The number of aliphatic hydroxyl groups is 1. The van der Waals surface area contributed by atoms with Gasteiger partial charge in [-0.2, -0.15) is 0 Å². The van der Waals surface area contributed by atoms with E-state index in [0.717, 1.165) is 25.9 Å². The van der Waals surface area contributed by atoms with Crippen molar-refractivity contribution in [3.05, 3.63) is 35.4 Å². The van der Waals surface area contributed by atoms with E-state index in [1.54, 1.807) is 0 Å². The number of hydrogen-bond donors (Lipinski definition) is 1. The molecule has 1 aromatic carbocycles. The minimum Gasteiger partial charge on any atom is -0.391 e. The van der Waals surface area contributed by atoms with Gasteiger partial charge in [-0.15, -0.1) is 0 Å². The van der Waals surface area contributed by atoms with Gasteiger partial charge in [0.2, 0.25) is 0 Å². The second kappa shape index (κ2) is 7.06. The molecule has 2 nitrogen and oxygen atoms in total. The van der Waals surface area contributed by atoms with E-state index in [-0.39, 0.29) is 11.6 Å². The van der Waals surface area contributed by atoms with Crippen LogP contribution in [0.3, 0.4) is 0 Å². The highest BCUT2D eigenvalue weighted by atomic mass is 16.3. The van der Waals surface area contributed by atoms with E-state index in [0.29, 0.717) is 0 Å². The summed E-state index contributed by atoms with van der Waals surface area (Å²) in [4.78, 5) is 2.37. The summed E-state index contributed by atoms with van der Waals surface area (Å²) < 4.78 is 0. The average Bonchev–Trinajstić information content (AvgIpc) is 2.42. The van der Waals surface area contributed by atoms with Crippen LogP contribution in [0.5, 0.6) is 0 Å². The van der Waals surface area contributed by atoms with Gasteiger partial charge in [0.05, 0.1) is 6.10 Å².